The molecule has 0 radical (unpaired) electrons. The van der Waals surface area contributed by atoms with E-state index in [9.17, 15) is 4.79 Å². The SMILES string of the molecule is COc1ccccc1CCNCCC(=O)NCCc1ccc(Cl)cc1Cl. The minimum atomic E-state index is 0.0277. The van der Waals surface area contributed by atoms with E-state index in [2.05, 4.69) is 16.7 Å². The van der Waals surface area contributed by atoms with E-state index in [4.69, 9.17) is 27.9 Å². The van der Waals surface area contributed by atoms with Gasteiger partial charge in [0, 0.05) is 29.6 Å². The summed E-state index contributed by atoms with van der Waals surface area (Å²) in [5.41, 5.74) is 2.14. The van der Waals surface area contributed by atoms with Crippen LogP contribution in [-0.4, -0.2) is 32.7 Å². The van der Waals surface area contributed by atoms with Gasteiger partial charge in [-0.05, 0) is 48.7 Å². The normalized spacial score (nSPS) is 10.6. The van der Waals surface area contributed by atoms with Crippen LogP contribution >= 0.6 is 23.2 Å². The number of ether oxygens (including phenoxy) is 1. The van der Waals surface area contributed by atoms with Crippen molar-refractivity contribution in [3.05, 3.63) is 63.6 Å². The van der Waals surface area contributed by atoms with Gasteiger partial charge in [0.2, 0.25) is 5.91 Å². The molecule has 2 aromatic carbocycles. The highest BCUT2D eigenvalue weighted by Gasteiger charge is 2.05. The number of carbonyl (C=O) groups is 1. The van der Waals surface area contributed by atoms with Gasteiger partial charge in [0.25, 0.3) is 0 Å². The summed E-state index contributed by atoms with van der Waals surface area (Å²) in [5, 5.41) is 7.44. The Kier molecular flexibility index (Phi) is 8.75. The Morgan fingerprint density at radius 2 is 1.77 bits per heavy atom. The predicted molar refractivity (Wildman–Crippen MR) is 107 cm³/mol. The molecule has 0 bridgehead atoms. The number of nitrogens with one attached hydrogen (secondary N) is 2. The maximum atomic E-state index is 11.9. The first-order valence-electron chi connectivity index (χ1n) is 8.63. The fourth-order valence-electron chi connectivity index (χ4n) is 2.61. The van der Waals surface area contributed by atoms with E-state index in [-0.39, 0.29) is 5.91 Å². The highest BCUT2D eigenvalue weighted by atomic mass is 35.5. The molecule has 140 valence electrons. The molecule has 4 nitrogen and oxygen atoms in total. The van der Waals surface area contributed by atoms with Gasteiger partial charge in [0.1, 0.15) is 5.75 Å². The average Bonchev–Trinajstić information content (AvgIpc) is 2.63. The molecule has 0 heterocycles. The second kappa shape index (κ2) is 11.1. The number of methoxy groups -OCH3 is 1. The third-order valence-corrected chi connectivity index (χ3v) is 4.61. The molecular weight excluding hydrogens is 371 g/mol. The molecule has 0 aliphatic heterocycles. The van der Waals surface area contributed by atoms with Crippen LogP contribution in [0.4, 0.5) is 0 Å². The van der Waals surface area contributed by atoms with Crippen molar-refractivity contribution >= 4 is 29.1 Å². The van der Waals surface area contributed by atoms with Gasteiger partial charge < -0.3 is 15.4 Å². The lowest BCUT2D eigenvalue weighted by atomic mass is 10.1. The monoisotopic (exact) mass is 394 g/mol. The first-order chi connectivity index (χ1) is 12.6. The minimum Gasteiger partial charge on any atom is -0.496 e. The lowest BCUT2D eigenvalue weighted by Gasteiger charge is -2.09. The third kappa shape index (κ3) is 6.87. The van der Waals surface area contributed by atoms with Crippen molar-refractivity contribution in [1.82, 2.24) is 10.6 Å². The Morgan fingerprint density at radius 3 is 2.54 bits per heavy atom. The molecule has 2 aromatic rings. The zero-order chi connectivity index (χ0) is 18.8. The van der Waals surface area contributed by atoms with Gasteiger partial charge in [-0.25, -0.2) is 0 Å². The zero-order valence-corrected chi connectivity index (χ0v) is 16.4. The molecular formula is C20H24Cl2N2O2. The summed E-state index contributed by atoms with van der Waals surface area (Å²) in [7, 11) is 1.67. The maximum absolute atomic E-state index is 11.9. The number of hydrogen-bond donors (Lipinski definition) is 2. The highest BCUT2D eigenvalue weighted by Crippen LogP contribution is 2.21. The van der Waals surface area contributed by atoms with Gasteiger partial charge in [0.05, 0.1) is 7.11 Å². The molecule has 2 N–H and O–H groups in total. The molecule has 26 heavy (non-hydrogen) atoms. The Labute approximate surface area is 164 Å². The fourth-order valence-corrected chi connectivity index (χ4v) is 3.11. The van der Waals surface area contributed by atoms with Crippen LogP contribution in [0.15, 0.2) is 42.5 Å². The first kappa shape index (κ1) is 20.6. The molecule has 0 aliphatic rings. The Balaban J connectivity index is 1.59. The Morgan fingerprint density at radius 1 is 1.00 bits per heavy atom. The van der Waals surface area contributed by atoms with Crippen molar-refractivity contribution in [2.24, 2.45) is 0 Å². The molecule has 0 saturated carbocycles. The number of carbonyl (C=O) groups excluding carboxylic acids is 1. The fraction of sp³-hybridized carbons (Fsp3) is 0.350. The maximum Gasteiger partial charge on any atom is 0.221 e. The van der Waals surface area contributed by atoms with Crippen molar-refractivity contribution in [2.75, 3.05) is 26.7 Å². The smallest absolute Gasteiger partial charge is 0.221 e. The molecule has 0 aliphatic carbocycles. The molecule has 0 unspecified atom stereocenters. The van der Waals surface area contributed by atoms with Crippen LogP contribution in [0.1, 0.15) is 17.5 Å². The second-order valence-corrected chi connectivity index (χ2v) is 6.74. The van der Waals surface area contributed by atoms with Crippen molar-refractivity contribution in [3.8, 4) is 5.75 Å². The molecule has 0 spiro atoms. The summed E-state index contributed by atoms with van der Waals surface area (Å²) < 4.78 is 5.33. The number of benzene rings is 2. The Hall–Kier alpha value is -1.75. The highest BCUT2D eigenvalue weighted by molar-refractivity contribution is 6.35. The van der Waals surface area contributed by atoms with Crippen LogP contribution in [0.25, 0.3) is 0 Å². The number of rotatable bonds is 10. The predicted octanol–water partition coefficient (Wildman–Crippen LogP) is 3.88. The molecule has 2 rings (SSSR count). The van der Waals surface area contributed by atoms with Crippen molar-refractivity contribution in [1.29, 1.82) is 0 Å². The third-order valence-electron chi connectivity index (χ3n) is 4.02. The van der Waals surface area contributed by atoms with Crippen LogP contribution in [0.3, 0.4) is 0 Å². The summed E-state index contributed by atoms with van der Waals surface area (Å²) >= 11 is 12.0. The molecule has 0 aromatic heterocycles. The van der Waals surface area contributed by atoms with Gasteiger partial charge in [-0.2, -0.15) is 0 Å². The molecule has 0 atom stereocenters. The summed E-state index contributed by atoms with van der Waals surface area (Å²) in [5.74, 6) is 0.924. The first-order valence-corrected chi connectivity index (χ1v) is 9.39. The molecule has 1 amide bonds. The standard InChI is InChI=1S/C20H24Cl2N2O2/c1-26-19-5-3-2-4-16(19)8-11-23-12-10-20(25)24-13-9-15-6-7-17(21)14-18(15)22/h2-7,14,23H,8-13H2,1H3,(H,24,25). The van der Waals surface area contributed by atoms with Crippen LogP contribution in [0.5, 0.6) is 5.75 Å². The summed E-state index contributed by atoms with van der Waals surface area (Å²) in [4.78, 5) is 11.9. The number of halogens is 2. The summed E-state index contributed by atoms with van der Waals surface area (Å²) in [6.07, 6.45) is 1.99. The minimum absolute atomic E-state index is 0.0277. The van der Waals surface area contributed by atoms with E-state index in [0.717, 1.165) is 29.8 Å². The van der Waals surface area contributed by atoms with Gasteiger partial charge in [-0.1, -0.05) is 47.5 Å². The molecule has 6 heteroatoms. The van der Waals surface area contributed by atoms with Gasteiger partial charge in [-0.15, -0.1) is 0 Å². The number of hydrogen-bond acceptors (Lipinski definition) is 3. The number of para-hydroxylation sites is 1. The van der Waals surface area contributed by atoms with Crippen LogP contribution in [0, 0.1) is 0 Å². The lowest BCUT2D eigenvalue weighted by Crippen LogP contribution is -2.29. The van der Waals surface area contributed by atoms with E-state index >= 15 is 0 Å². The summed E-state index contributed by atoms with van der Waals surface area (Å²) in [6.45, 7) is 2.00. The molecule has 0 saturated heterocycles. The summed E-state index contributed by atoms with van der Waals surface area (Å²) in [6, 6.07) is 13.4. The van der Waals surface area contributed by atoms with E-state index in [0.29, 0.717) is 36.0 Å². The Bertz CT molecular complexity index is 723. The van der Waals surface area contributed by atoms with Crippen LogP contribution < -0.4 is 15.4 Å². The molecule has 0 fully saturated rings. The van der Waals surface area contributed by atoms with E-state index in [1.165, 1.54) is 0 Å². The van der Waals surface area contributed by atoms with E-state index in [1.807, 2.05) is 24.3 Å². The van der Waals surface area contributed by atoms with Gasteiger partial charge in [0.15, 0.2) is 0 Å². The van der Waals surface area contributed by atoms with Crippen LogP contribution in [-0.2, 0) is 17.6 Å². The van der Waals surface area contributed by atoms with Crippen molar-refractivity contribution < 1.29 is 9.53 Å². The topological polar surface area (TPSA) is 50.4 Å². The quantitative estimate of drug-likeness (QED) is 0.601. The lowest BCUT2D eigenvalue weighted by molar-refractivity contribution is -0.120. The zero-order valence-electron chi connectivity index (χ0n) is 14.9. The van der Waals surface area contributed by atoms with Crippen molar-refractivity contribution in [3.63, 3.8) is 0 Å². The van der Waals surface area contributed by atoms with Gasteiger partial charge >= 0.3 is 0 Å². The van der Waals surface area contributed by atoms with E-state index in [1.54, 1.807) is 19.2 Å². The van der Waals surface area contributed by atoms with Gasteiger partial charge in [-0.3, -0.25) is 4.79 Å². The number of amides is 1. The average molecular weight is 395 g/mol. The largest absolute Gasteiger partial charge is 0.496 e. The van der Waals surface area contributed by atoms with Crippen molar-refractivity contribution in [2.45, 2.75) is 19.3 Å². The van der Waals surface area contributed by atoms with Crippen LogP contribution in [0.2, 0.25) is 10.0 Å². The second-order valence-electron chi connectivity index (χ2n) is 5.90. The van der Waals surface area contributed by atoms with E-state index < -0.39 is 0 Å².